The molecule has 0 radical (unpaired) electrons. The number of amides is 1. The van der Waals surface area contributed by atoms with Crippen molar-refractivity contribution < 1.29 is 4.79 Å². The van der Waals surface area contributed by atoms with Crippen LogP contribution in [0.5, 0.6) is 0 Å². The molecule has 30 heavy (non-hydrogen) atoms. The fourth-order valence-corrected chi connectivity index (χ4v) is 3.79. The van der Waals surface area contributed by atoms with Gasteiger partial charge in [-0.2, -0.15) is 0 Å². The van der Waals surface area contributed by atoms with Crippen molar-refractivity contribution in [1.29, 1.82) is 0 Å². The van der Waals surface area contributed by atoms with Gasteiger partial charge in [0.25, 0.3) is 5.91 Å². The van der Waals surface area contributed by atoms with E-state index in [4.69, 9.17) is 0 Å². The molecule has 3 aromatic rings. The molecule has 0 spiro atoms. The Morgan fingerprint density at radius 2 is 1.80 bits per heavy atom. The number of carbonyl (C=O) groups is 1. The van der Waals surface area contributed by atoms with Crippen LogP contribution in [0.3, 0.4) is 0 Å². The number of aryl methyl sites for hydroxylation is 2. The Morgan fingerprint density at radius 3 is 2.47 bits per heavy atom. The van der Waals surface area contributed by atoms with Gasteiger partial charge in [0, 0.05) is 26.1 Å². The SMILES string of the molecule is CCc1ccc(C2CNCCN2C(=O)c2nc(CC)n(-c3ccccc3)n2)cc1.Cl. The minimum atomic E-state index is -0.111. The second-order valence-electron chi connectivity index (χ2n) is 7.27. The zero-order chi connectivity index (χ0) is 20.2. The lowest BCUT2D eigenvalue weighted by Gasteiger charge is -2.36. The Labute approximate surface area is 183 Å². The molecule has 6 nitrogen and oxygen atoms in total. The highest BCUT2D eigenvalue weighted by atomic mass is 35.5. The smallest absolute Gasteiger partial charge is 0.294 e. The highest BCUT2D eigenvalue weighted by molar-refractivity contribution is 5.91. The van der Waals surface area contributed by atoms with E-state index in [0.717, 1.165) is 36.6 Å². The molecule has 7 heteroatoms. The van der Waals surface area contributed by atoms with Crippen LogP contribution in [0.1, 0.15) is 47.5 Å². The van der Waals surface area contributed by atoms with Gasteiger partial charge in [0.05, 0.1) is 11.7 Å². The van der Waals surface area contributed by atoms with E-state index < -0.39 is 0 Å². The molecule has 1 aromatic heterocycles. The van der Waals surface area contributed by atoms with Crippen molar-refractivity contribution in [2.75, 3.05) is 19.6 Å². The molecule has 1 unspecified atom stereocenters. The summed E-state index contributed by atoms with van der Waals surface area (Å²) in [6, 6.07) is 18.4. The average molecular weight is 426 g/mol. The summed E-state index contributed by atoms with van der Waals surface area (Å²) in [5.74, 6) is 0.946. The number of hydrogen-bond donors (Lipinski definition) is 1. The second-order valence-corrected chi connectivity index (χ2v) is 7.27. The number of benzene rings is 2. The van der Waals surface area contributed by atoms with Gasteiger partial charge in [-0.1, -0.05) is 56.3 Å². The van der Waals surface area contributed by atoms with Crippen LogP contribution >= 0.6 is 12.4 Å². The maximum atomic E-state index is 13.4. The van der Waals surface area contributed by atoms with Crippen molar-refractivity contribution in [3.63, 3.8) is 0 Å². The Morgan fingerprint density at radius 1 is 1.07 bits per heavy atom. The molecular weight excluding hydrogens is 398 g/mol. The number of carbonyl (C=O) groups excluding carboxylic acids is 1. The van der Waals surface area contributed by atoms with Crippen LogP contribution in [-0.4, -0.2) is 45.2 Å². The molecule has 0 saturated carbocycles. The first kappa shape index (κ1) is 22.0. The summed E-state index contributed by atoms with van der Waals surface area (Å²) < 4.78 is 1.78. The number of piperazine rings is 1. The molecule has 0 aliphatic carbocycles. The molecule has 2 heterocycles. The van der Waals surface area contributed by atoms with Crippen LogP contribution < -0.4 is 5.32 Å². The van der Waals surface area contributed by atoms with E-state index in [-0.39, 0.29) is 30.2 Å². The van der Waals surface area contributed by atoms with E-state index >= 15 is 0 Å². The molecule has 4 rings (SSSR count). The number of nitrogens with zero attached hydrogens (tertiary/aromatic N) is 4. The number of rotatable bonds is 5. The number of nitrogens with one attached hydrogen (secondary N) is 1. The van der Waals surface area contributed by atoms with Gasteiger partial charge in [-0.05, 0) is 29.7 Å². The summed E-state index contributed by atoms with van der Waals surface area (Å²) >= 11 is 0. The van der Waals surface area contributed by atoms with E-state index in [1.54, 1.807) is 4.68 Å². The van der Waals surface area contributed by atoms with Crippen LogP contribution in [-0.2, 0) is 12.8 Å². The van der Waals surface area contributed by atoms with Crippen LogP contribution in [0.25, 0.3) is 5.69 Å². The van der Waals surface area contributed by atoms with Crippen LogP contribution in [0.2, 0.25) is 0 Å². The fourth-order valence-electron chi connectivity index (χ4n) is 3.79. The Bertz CT molecular complexity index is 971. The zero-order valence-corrected chi connectivity index (χ0v) is 18.2. The predicted octanol–water partition coefficient (Wildman–Crippen LogP) is 3.60. The lowest BCUT2D eigenvalue weighted by Crippen LogP contribution is -2.49. The van der Waals surface area contributed by atoms with Gasteiger partial charge in [0.15, 0.2) is 0 Å². The van der Waals surface area contributed by atoms with Crippen molar-refractivity contribution in [2.45, 2.75) is 32.7 Å². The highest BCUT2D eigenvalue weighted by Gasteiger charge is 2.31. The van der Waals surface area contributed by atoms with Crippen LogP contribution in [0.4, 0.5) is 0 Å². The topological polar surface area (TPSA) is 63.1 Å². The number of halogens is 1. The Balaban J connectivity index is 0.00000256. The molecule has 2 aromatic carbocycles. The first-order valence-electron chi connectivity index (χ1n) is 10.3. The number of para-hydroxylation sites is 1. The van der Waals surface area contributed by atoms with E-state index in [9.17, 15) is 4.79 Å². The second kappa shape index (κ2) is 9.87. The Kier molecular flexibility index (Phi) is 7.24. The van der Waals surface area contributed by atoms with Gasteiger partial charge in [0.1, 0.15) is 5.82 Å². The molecule has 1 saturated heterocycles. The summed E-state index contributed by atoms with van der Waals surface area (Å²) in [6.45, 7) is 6.32. The summed E-state index contributed by atoms with van der Waals surface area (Å²) in [5.41, 5.74) is 3.36. The summed E-state index contributed by atoms with van der Waals surface area (Å²) in [6.07, 6.45) is 1.71. The summed E-state index contributed by atoms with van der Waals surface area (Å²) in [4.78, 5) is 19.9. The molecule has 1 aliphatic heterocycles. The van der Waals surface area contributed by atoms with Gasteiger partial charge in [-0.25, -0.2) is 9.67 Å². The van der Waals surface area contributed by atoms with Crippen molar-refractivity contribution in [2.24, 2.45) is 0 Å². The van der Waals surface area contributed by atoms with E-state index in [1.807, 2.05) is 42.2 Å². The standard InChI is InChI=1S/C23H27N5O.ClH/c1-3-17-10-12-18(13-11-17)20-16-24-14-15-27(20)23(29)22-25-21(4-2)28(26-22)19-8-6-5-7-9-19;/h5-13,20,24H,3-4,14-16H2,1-2H3;1H. The van der Waals surface area contributed by atoms with Crippen molar-refractivity contribution in [1.82, 2.24) is 25.0 Å². The number of hydrogen-bond acceptors (Lipinski definition) is 4. The van der Waals surface area contributed by atoms with Crippen LogP contribution in [0, 0.1) is 0 Å². The molecule has 1 N–H and O–H groups in total. The zero-order valence-electron chi connectivity index (χ0n) is 17.4. The first-order valence-corrected chi connectivity index (χ1v) is 10.3. The lowest BCUT2D eigenvalue weighted by atomic mass is 10.0. The molecule has 158 valence electrons. The minimum absolute atomic E-state index is 0. The molecule has 0 bridgehead atoms. The Hall–Kier alpha value is -2.70. The predicted molar refractivity (Wildman–Crippen MR) is 120 cm³/mol. The van der Waals surface area contributed by atoms with Crippen molar-refractivity contribution in [3.8, 4) is 5.69 Å². The third-order valence-corrected chi connectivity index (χ3v) is 5.46. The summed E-state index contributed by atoms with van der Waals surface area (Å²) in [5, 5.41) is 7.99. The normalized spacial score (nSPS) is 16.2. The van der Waals surface area contributed by atoms with Gasteiger partial charge in [0.2, 0.25) is 5.82 Å². The van der Waals surface area contributed by atoms with Crippen molar-refractivity contribution >= 4 is 18.3 Å². The lowest BCUT2D eigenvalue weighted by molar-refractivity contribution is 0.0621. The molecule has 1 aliphatic rings. The third-order valence-electron chi connectivity index (χ3n) is 5.46. The van der Waals surface area contributed by atoms with E-state index in [1.165, 1.54) is 5.56 Å². The third kappa shape index (κ3) is 4.40. The minimum Gasteiger partial charge on any atom is -0.326 e. The quantitative estimate of drug-likeness (QED) is 0.678. The van der Waals surface area contributed by atoms with Gasteiger partial charge < -0.3 is 10.2 Å². The van der Waals surface area contributed by atoms with E-state index in [2.05, 4.69) is 46.6 Å². The molecule has 1 amide bonds. The molecule has 1 atom stereocenters. The summed E-state index contributed by atoms with van der Waals surface area (Å²) in [7, 11) is 0. The molecular formula is C23H28ClN5O. The first-order chi connectivity index (χ1) is 14.2. The highest BCUT2D eigenvalue weighted by Crippen LogP contribution is 2.24. The van der Waals surface area contributed by atoms with Gasteiger partial charge >= 0.3 is 0 Å². The van der Waals surface area contributed by atoms with Gasteiger partial charge in [-0.15, -0.1) is 17.5 Å². The van der Waals surface area contributed by atoms with Gasteiger partial charge in [-0.3, -0.25) is 4.79 Å². The largest absolute Gasteiger partial charge is 0.326 e. The van der Waals surface area contributed by atoms with Crippen LogP contribution in [0.15, 0.2) is 54.6 Å². The van der Waals surface area contributed by atoms with E-state index in [0.29, 0.717) is 13.0 Å². The fraction of sp³-hybridized carbons (Fsp3) is 0.348. The maximum absolute atomic E-state index is 13.4. The average Bonchev–Trinajstić information content (AvgIpc) is 3.24. The monoisotopic (exact) mass is 425 g/mol. The number of aromatic nitrogens is 3. The maximum Gasteiger partial charge on any atom is 0.294 e. The van der Waals surface area contributed by atoms with Crippen molar-refractivity contribution in [3.05, 3.63) is 77.4 Å². The molecule has 1 fully saturated rings.